The minimum absolute atomic E-state index is 0.0810. The fraction of sp³-hybridized carbons (Fsp3) is 0.750. The minimum atomic E-state index is -0.0810. The summed E-state index contributed by atoms with van der Waals surface area (Å²) in [6.45, 7) is 17.5. The molecular formula is C8H12N2. The quantitative estimate of drug-likeness (QED) is 0.527. The van der Waals surface area contributed by atoms with Gasteiger partial charge in [-0.2, -0.15) is 0 Å². The molecule has 0 aliphatic carbocycles. The van der Waals surface area contributed by atoms with E-state index in [0.29, 0.717) is 0 Å². The van der Waals surface area contributed by atoms with Crippen LogP contribution in [-0.4, -0.2) is 12.1 Å². The maximum Gasteiger partial charge on any atom is 0.296 e. The number of rotatable bonds is 3. The molecule has 0 aromatic carbocycles. The van der Waals surface area contributed by atoms with Crippen molar-refractivity contribution in [1.82, 2.24) is 0 Å². The summed E-state index contributed by atoms with van der Waals surface area (Å²) in [4.78, 5) is 6.77. The molecule has 0 aliphatic heterocycles. The number of hydrogen-bond acceptors (Lipinski definition) is 0. The highest BCUT2D eigenvalue weighted by Crippen LogP contribution is 2.10. The highest BCUT2D eigenvalue weighted by atomic mass is 14.8. The van der Waals surface area contributed by atoms with Crippen molar-refractivity contribution < 1.29 is 0 Å². The van der Waals surface area contributed by atoms with Gasteiger partial charge < -0.3 is 9.69 Å². The zero-order valence-electron chi connectivity index (χ0n) is 6.46. The normalized spacial score (nSPS) is 14.8. The average Bonchev–Trinajstić information content (AvgIpc) is 2.00. The van der Waals surface area contributed by atoms with E-state index in [2.05, 4.69) is 9.69 Å². The molecule has 0 radical (unpaired) electrons. The zero-order chi connectivity index (χ0) is 7.98. The van der Waals surface area contributed by atoms with Gasteiger partial charge in [0.05, 0.1) is 0 Å². The lowest BCUT2D eigenvalue weighted by Gasteiger charge is -2.01. The first-order valence-electron chi connectivity index (χ1n) is 3.53. The van der Waals surface area contributed by atoms with Crippen molar-refractivity contribution in [2.24, 2.45) is 0 Å². The third-order valence-corrected chi connectivity index (χ3v) is 1.61. The summed E-state index contributed by atoms with van der Waals surface area (Å²) in [5, 5.41) is 0. The molecule has 0 saturated heterocycles. The lowest BCUT2D eigenvalue weighted by molar-refractivity contribution is 0.615. The van der Waals surface area contributed by atoms with Crippen molar-refractivity contribution in [3.8, 4) is 0 Å². The van der Waals surface area contributed by atoms with E-state index in [-0.39, 0.29) is 12.1 Å². The Morgan fingerprint density at radius 2 is 1.30 bits per heavy atom. The highest BCUT2D eigenvalue weighted by Gasteiger charge is 2.27. The Balaban J connectivity index is 4.02. The standard InChI is InChI=1S/C8H12N2/c1-5-7(9-3)8(6-2)10-4/h7-8H,5-6H2,1-2H3. The van der Waals surface area contributed by atoms with Crippen LogP contribution in [-0.2, 0) is 0 Å². The minimum Gasteiger partial charge on any atom is -0.305 e. The molecule has 0 aliphatic rings. The van der Waals surface area contributed by atoms with Crippen LogP contribution in [0.3, 0.4) is 0 Å². The Morgan fingerprint density at radius 1 is 1.00 bits per heavy atom. The molecule has 0 aromatic rings. The number of nitrogens with zero attached hydrogens (tertiary/aromatic N) is 2. The summed E-state index contributed by atoms with van der Waals surface area (Å²) >= 11 is 0. The van der Waals surface area contributed by atoms with Gasteiger partial charge in [-0.1, -0.05) is 13.8 Å². The van der Waals surface area contributed by atoms with E-state index >= 15 is 0 Å². The fourth-order valence-electron chi connectivity index (χ4n) is 0.899. The molecule has 2 atom stereocenters. The Hall–Kier alpha value is -1.02. The number of hydrogen-bond donors (Lipinski definition) is 0. The van der Waals surface area contributed by atoms with Crippen LogP contribution in [0.5, 0.6) is 0 Å². The highest BCUT2D eigenvalue weighted by molar-refractivity contribution is 4.95. The molecule has 0 rings (SSSR count). The maximum absolute atomic E-state index is 6.78. The third-order valence-electron chi connectivity index (χ3n) is 1.61. The van der Waals surface area contributed by atoms with Crippen molar-refractivity contribution in [3.05, 3.63) is 22.8 Å². The summed E-state index contributed by atoms with van der Waals surface area (Å²) in [6, 6.07) is -0.162. The SMILES string of the molecule is [C-]#[N+]C(CC)C(CC)[N+]#[C-]. The Labute approximate surface area is 62.5 Å². The molecule has 10 heavy (non-hydrogen) atoms. The molecule has 0 heterocycles. The average molecular weight is 136 g/mol. The van der Waals surface area contributed by atoms with Gasteiger partial charge in [0.15, 0.2) is 0 Å². The molecule has 54 valence electrons. The largest absolute Gasteiger partial charge is 0.305 e. The smallest absolute Gasteiger partial charge is 0.296 e. The maximum atomic E-state index is 6.78. The Morgan fingerprint density at radius 3 is 1.40 bits per heavy atom. The van der Waals surface area contributed by atoms with Crippen molar-refractivity contribution in [2.75, 3.05) is 0 Å². The molecule has 2 unspecified atom stereocenters. The van der Waals surface area contributed by atoms with E-state index in [4.69, 9.17) is 13.1 Å². The van der Waals surface area contributed by atoms with Gasteiger partial charge >= 0.3 is 0 Å². The Kier molecular flexibility index (Phi) is 4.33. The van der Waals surface area contributed by atoms with E-state index in [1.165, 1.54) is 0 Å². The summed E-state index contributed by atoms with van der Waals surface area (Å²) in [7, 11) is 0. The molecule has 2 nitrogen and oxygen atoms in total. The second-order valence-corrected chi connectivity index (χ2v) is 2.21. The predicted octanol–water partition coefficient (Wildman–Crippen LogP) is 2.38. The van der Waals surface area contributed by atoms with Crippen LogP contribution < -0.4 is 0 Å². The van der Waals surface area contributed by atoms with Gasteiger partial charge in [0.1, 0.15) is 0 Å². The molecule has 0 aromatic heterocycles. The molecule has 0 fully saturated rings. The van der Waals surface area contributed by atoms with Crippen LogP contribution in [0.25, 0.3) is 9.69 Å². The molecule has 0 bridgehead atoms. The summed E-state index contributed by atoms with van der Waals surface area (Å²) < 4.78 is 0. The fourth-order valence-corrected chi connectivity index (χ4v) is 0.899. The summed E-state index contributed by atoms with van der Waals surface area (Å²) in [5.74, 6) is 0. The van der Waals surface area contributed by atoms with Gasteiger partial charge in [-0.15, -0.1) is 0 Å². The van der Waals surface area contributed by atoms with Gasteiger partial charge in [-0.05, 0) is 0 Å². The molecule has 2 heteroatoms. The topological polar surface area (TPSA) is 8.72 Å². The van der Waals surface area contributed by atoms with E-state index < -0.39 is 0 Å². The predicted molar refractivity (Wildman–Crippen MR) is 41.4 cm³/mol. The molecule has 0 spiro atoms. The van der Waals surface area contributed by atoms with E-state index in [9.17, 15) is 0 Å². The van der Waals surface area contributed by atoms with Crippen LogP contribution in [0, 0.1) is 13.1 Å². The van der Waals surface area contributed by atoms with E-state index in [1.807, 2.05) is 13.8 Å². The van der Waals surface area contributed by atoms with Gasteiger partial charge in [0, 0.05) is 12.8 Å². The van der Waals surface area contributed by atoms with Crippen molar-refractivity contribution >= 4 is 0 Å². The van der Waals surface area contributed by atoms with E-state index in [1.54, 1.807) is 0 Å². The first-order valence-corrected chi connectivity index (χ1v) is 3.53. The van der Waals surface area contributed by atoms with Crippen LogP contribution in [0.4, 0.5) is 0 Å². The lowest BCUT2D eigenvalue weighted by atomic mass is 10.1. The summed E-state index contributed by atoms with van der Waals surface area (Å²) in [5.41, 5.74) is 0. The van der Waals surface area contributed by atoms with Crippen molar-refractivity contribution in [2.45, 2.75) is 38.8 Å². The van der Waals surface area contributed by atoms with E-state index in [0.717, 1.165) is 12.8 Å². The van der Waals surface area contributed by atoms with Gasteiger partial charge in [-0.25, -0.2) is 13.1 Å². The first kappa shape index (κ1) is 8.98. The first-order chi connectivity index (χ1) is 4.79. The van der Waals surface area contributed by atoms with Crippen LogP contribution in [0.2, 0.25) is 0 Å². The van der Waals surface area contributed by atoms with Gasteiger partial charge in [0.25, 0.3) is 12.1 Å². The van der Waals surface area contributed by atoms with Crippen molar-refractivity contribution in [1.29, 1.82) is 0 Å². The lowest BCUT2D eigenvalue weighted by Crippen LogP contribution is -2.17. The van der Waals surface area contributed by atoms with Gasteiger partial charge in [0.2, 0.25) is 0 Å². The van der Waals surface area contributed by atoms with Crippen LogP contribution in [0.1, 0.15) is 26.7 Å². The van der Waals surface area contributed by atoms with Crippen LogP contribution in [0.15, 0.2) is 0 Å². The monoisotopic (exact) mass is 136 g/mol. The second-order valence-electron chi connectivity index (χ2n) is 2.21. The Bertz CT molecular complexity index is 141. The van der Waals surface area contributed by atoms with Crippen molar-refractivity contribution in [3.63, 3.8) is 0 Å². The molecule has 0 N–H and O–H groups in total. The van der Waals surface area contributed by atoms with Crippen LogP contribution >= 0.6 is 0 Å². The third kappa shape index (κ3) is 2.07. The second kappa shape index (κ2) is 4.82. The zero-order valence-corrected chi connectivity index (χ0v) is 6.46. The molecular weight excluding hydrogens is 124 g/mol. The van der Waals surface area contributed by atoms with Gasteiger partial charge in [-0.3, -0.25) is 0 Å². The molecule has 0 saturated carbocycles. The summed E-state index contributed by atoms with van der Waals surface area (Å²) in [6.07, 6.45) is 1.59. The molecule has 0 amide bonds.